The third-order valence-corrected chi connectivity index (χ3v) is 5.83. The van der Waals surface area contributed by atoms with Crippen LogP contribution in [0.3, 0.4) is 0 Å². The summed E-state index contributed by atoms with van der Waals surface area (Å²) < 4.78 is 5.84. The molecule has 0 saturated carbocycles. The summed E-state index contributed by atoms with van der Waals surface area (Å²) in [5.74, 6) is 0.675. The molecule has 33 heavy (non-hydrogen) atoms. The summed E-state index contributed by atoms with van der Waals surface area (Å²) in [4.78, 5) is 23.5. The molecule has 1 saturated heterocycles. The molecule has 9 nitrogen and oxygen atoms in total. The molecular formula is C24H24N6O3. The van der Waals surface area contributed by atoms with Gasteiger partial charge in [-0.1, -0.05) is 18.2 Å². The van der Waals surface area contributed by atoms with E-state index >= 15 is 0 Å². The summed E-state index contributed by atoms with van der Waals surface area (Å²) in [6.07, 6.45) is 4.66. The van der Waals surface area contributed by atoms with E-state index in [0.29, 0.717) is 25.1 Å². The molecule has 9 heteroatoms. The standard InChI is InChI=1S/C24H24N6O3/c31-16-23(32)30-9-7-29(8-10-30)15-17-1-2-19-12-21(4-3-18(19)11-17)33-24-25-13-20(14-26-24)22-5-6-27-28-22/h1-6,11-14,16,23,32H,7-10,15H2,(H,27,28). The van der Waals surface area contributed by atoms with Gasteiger partial charge in [-0.15, -0.1) is 0 Å². The second-order valence-electron chi connectivity index (χ2n) is 8.03. The molecule has 1 atom stereocenters. The van der Waals surface area contributed by atoms with Gasteiger partial charge in [-0.2, -0.15) is 5.10 Å². The first kappa shape index (κ1) is 21.2. The lowest BCUT2D eigenvalue weighted by molar-refractivity contribution is -0.125. The molecular weight excluding hydrogens is 420 g/mol. The first-order chi connectivity index (χ1) is 16.2. The Morgan fingerprint density at radius 2 is 1.79 bits per heavy atom. The zero-order chi connectivity index (χ0) is 22.6. The van der Waals surface area contributed by atoms with Crippen molar-refractivity contribution in [2.75, 3.05) is 26.2 Å². The zero-order valence-corrected chi connectivity index (χ0v) is 18.0. The van der Waals surface area contributed by atoms with Gasteiger partial charge in [0.05, 0.1) is 5.69 Å². The van der Waals surface area contributed by atoms with Crippen molar-refractivity contribution in [3.8, 4) is 23.0 Å². The molecule has 0 amide bonds. The highest BCUT2D eigenvalue weighted by molar-refractivity contribution is 5.84. The predicted octanol–water partition coefficient (Wildman–Crippen LogP) is 2.45. The molecule has 0 bridgehead atoms. The van der Waals surface area contributed by atoms with Crippen molar-refractivity contribution < 1.29 is 14.6 Å². The van der Waals surface area contributed by atoms with Crippen LogP contribution in [0.25, 0.3) is 22.0 Å². The van der Waals surface area contributed by atoms with Crippen LogP contribution < -0.4 is 4.74 Å². The number of piperazine rings is 1. The van der Waals surface area contributed by atoms with Crippen molar-refractivity contribution in [2.45, 2.75) is 12.8 Å². The first-order valence-electron chi connectivity index (χ1n) is 10.8. The number of aliphatic hydroxyl groups excluding tert-OH is 1. The largest absolute Gasteiger partial charge is 0.424 e. The fourth-order valence-corrected chi connectivity index (χ4v) is 4.00. The summed E-state index contributed by atoms with van der Waals surface area (Å²) in [6, 6.07) is 14.5. The molecule has 1 fully saturated rings. The Hall–Kier alpha value is -3.66. The summed E-state index contributed by atoms with van der Waals surface area (Å²) in [5.41, 5.74) is 2.91. The normalized spacial score (nSPS) is 16.0. The number of aromatic amines is 1. The van der Waals surface area contributed by atoms with Crippen LogP contribution in [0.15, 0.2) is 61.1 Å². The number of fused-ring (bicyclic) bond motifs is 1. The van der Waals surface area contributed by atoms with Gasteiger partial charge in [-0.05, 0) is 40.6 Å². The Balaban J connectivity index is 1.22. The molecule has 4 aromatic rings. The number of carbonyl (C=O) groups is 1. The summed E-state index contributed by atoms with van der Waals surface area (Å²) in [5, 5.41) is 18.7. The molecule has 3 heterocycles. The van der Waals surface area contributed by atoms with Gasteiger partial charge in [0.2, 0.25) is 0 Å². The van der Waals surface area contributed by atoms with Crippen molar-refractivity contribution in [1.82, 2.24) is 30.0 Å². The SMILES string of the molecule is O=CC(O)N1CCN(Cc2ccc3cc(Oc4ncc(-c5ccn[nH]5)cn4)ccc3c2)CC1. The molecule has 1 aliphatic rings. The van der Waals surface area contributed by atoms with E-state index in [4.69, 9.17) is 4.74 Å². The number of aromatic nitrogens is 4. The van der Waals surface area contributed by atoms with Gasteiger partial charge in [-0.3, -0.25) is 19.7 Å². The minimum atomic E-state index is -0.996. The Kier molecular flexibility index (Phi) is 6.07. The van der Waals surface area contributed by atoms with Gasteiger partial charge in [0.15, 0.2) is 12.5 Å². The summed E-state index contributed by atoms with van der Waals surface area (Å²) in [7, 11) is 0. The maximum absolute atomic E-state index is 10.8. The number of nitrogens with one attached hydrogen (secondary N) is 1. The number of hydrogen-bond acceptors (Lipinski definition) is 8. The second-order valence-corrected chi connectivity index (χ2v) is 8.03. The number of benzene rings is 2. The van der Waals surface area contributed by atoms with Crippen LogP contribution in [-0.2, 0) is 11.3 Å². The molecule has 0 spiro atoms. The lowest BCUT2D eigenvalue weighted by Crippen LogP contribution is -2.50. The van der Waals surface area contributed by atoms with E-state index in [1.54, 1.807) is 23.5 Å². The third kappa shape index (κ3) is 4.90. The van der Waals surface area contributed by atoms with Crippen LogP contribution in [0.1, 0.15) is 5.56 Å². The highest BCUT2D eigenvalue weighted by Crippen LogP contribution is 2.26. The number of rotatable bonds is 7. The van der Waals surface area contributed by atoms with Gasteiger partial charge in [0.25, 0.3) is 0 Å². The topological polar surface area (TPSA) is 107 Å². The van der Waals surface area contributed by atoms with Gasteiger partial charge in [-0.25, -0.2) is 9.97 Å². The Bertz CT molecular complexity index is 1220. The van der Waals surface area contributed by atoms with E-state index in [1.807, 2.05) is 24.3 Å². The van der Waals surface area contributed by atoms with Gasteiger partial charge < -0.3 is 9.84 Å². The highest BCUT2D eigenvalue weighted by Gasteiger charge is 2.21. The number of aldehydes is 1. The van der Waals surface area contributed by atoms with Crippen LogP contribution in [0.4, 0.5) is 0 Å². The van der Waals surface area contributed by atoms with E-state index in [2.05, 4.69) is 43.3 Å². The fraction of sp³-hybridized carbons (Fsp3) is 0.250. The molecule has 5 rings (SSSR count). The quantitative estimate of drug-likeness (QED) is 0.419. The average Bonchev–Trinajstić information content (AvgIpc) is 3.40. The van der Waals surface area contributed by atoms with E-state index < -0.39 is 6.23 Å². The fourth-order valence-electron chi connectivity index (χ4n) is 4.00. The van der Waals surface area contributed by atoms with Crippen molar-refractivity contribution in [1.29, 1.82) is 0 Å². The number of nitrogens with zero attached hydrogens (tertiary/aromatic N) is 5. The number of ether oxygens (including phenoxy) is 1. The summed E-state index contributed by atoms with van der Waals surface area (Å²) in [6.45, 7) is 3.82. The van der Waals surface area contributed by atoms with E-state index in [1.165, 1.54) is 5.56 Å². The van der Waals surface area contributed by atoms with Gasteiger partial charge >= 0.3 is 6.01 Å². The zero-order valence-electron chi connectivity index (χ0n) is 18.0. The molecule has 0 aliphatic carbocycles. The number of aliphatic hydroxyl groups is 1. The van der Waals surface area contributed by atoms with Crippen molar-refractivity contribution in [3.63, 3.8) is 0 Å². The molecule has 1 aliphatic heterocycles. The monoisotopic (exact) mass is 444 g/mol. The first-order valence-corrected chi connectivity index (χ1v) is 10.8. The van der Waals surface area contributed by atoms with Crippen molar-refractivity contribution in [2.24, 2.45) is 0 Å². The van der Waals surface area contributed by atoms with Crippen molar-refractivity contribution in [3.05, 3.63) is 66.6 Å². The minimum absolute atomic E-state index is 0.285. The average molecular weight is 444 g/mol. The second kappa shape index (κ2) is 9.45. The van der Waals surface area contributed by atoms with Crippen molar-refractivity contribution >= 4 is 17.1 Å². The lowest BCUT2D eigenvalue weighted by atomic mass is 10.1. The molecule has 168 valence electrons. The van der Waals surface area contributed by atoms with Crippen LogP contribution in [-0.4, -0.2) is 73.8 Å². The number of H-pyrrole nitrogens is 1. The maximum atomic E-state index is 10.8. The lowest BCUT2D eigenvalue weighted by Gasteiger charge is -2.35. The minimum Gasteiger partial charge on any atom is -0.424 e. The van der Waals surface area contributed by atoms with Gasteiger partial charge in [0, 0.05) is 56.9 Å². The van der Waals surface area contributed by atoms with Crippen LogP contribution in [0, 0.1) is 0 Å². The summed E-state index contributed by atoms with van der Waals surface area (Å²) >= 11 is 0. The molecule has 2 aromatic carbocycles. The maximum Gasteiger partial charge on any atom is 0.321 e. The highest BCUT2D eigenvalue weighted by atomic mass is 16.5. The molecule has 2 N–H and O–H groups in total. The third-order valence-electron chi connectivity index (χ3n) is 5.83. The van der Waals surface area contributed by atoms with Crippen LogP contribution in [0.2, 0.25) is 0 Å². The Morgan fingerprint density at radius 3 is 2.52 bits per heavy atom. The predicted molar refractivity (Wildman–Crippen MR) is 123 cm³/mol. The number of carbonyl (C=O) groups excluding carboxylic acids is 1. The van der Waals surface area contributed by atoms with E-state index in [0.717, 1.165) is 41.7 Å². The van der Waals surface area contributed by atoms with E-state index in [-0.39, 0.29) is 6.01 Å². The smallest absolute Gasteiger partial charge is 0.321 e. The Labute approximate surface area is 190 Å². The van der Waals surface area contributed by atoms with Gasteiger partial charge in [0.1, 0.15) is 5.75 Å². The molecule has 2 aromatic heterocycles. The Morgan fingerprint density at radius 1 is 1.03 bits per heavy atom. The molecule has 1 unspecified atom stereocenters. The van der Waals surface area contributed by atoms with Crippen LogP contribution in [0.5, 0.6) is 11.8 Å². The number of hydrogen-bond donors (Lipinski definition) is 2. The molecule has 0 radical (unpaired) electrons. The van der Waals surface area contributed by atoms with Crippen LogP contribution >= 0.6 is 0 Å². The van der Waals surface area contributed by atoms with E-state index in [9.17, 15) is 9.90 Å².